The number of hydrogen-bond acceptors (Lipinski definition) is 7. The van der Waals surface area contributed by atoms with Gasteiger partial charge in [-0.1, -0.05) is 0 Å². The molecule has 7 heteroatoms. The van der Waals surface area contributed by atoms with Gasteiger partial charge in [0.05, 0.1) is 13.2 Å². The molecule has 1 fully saturated rings. The fourth-order valence-corrected chi connectivity index (χ4v) is 3.58. The molecule has 5 N–H and O–H groups in total. The minimum atomic E-state index is 0.110. The lowest BCUT2D eigenvalue weighted by Gasteiger charge is -2.44. The normalized spacial score (nSPS) is 17.6. The molecule has 1 saturated heterocycles. The standard InChI is InChI=1S/C20H45N5O2/c1-19(2,5-7-21-10-17-26)23-8-6-20(3,4)25-15-13-24(14-16-25)12-9-22-11-18-27/h21-23,26-27H,5-18H2,1-4H3. The van der Waals surface area contributed by atoms with Gasteiger partial charge in [-0.3, -0.25) is 9.80 Å². The largest absolute Gasteiger partial charge is 0.395 e. The Morgan fingerprint density at radius 2 is 1.33 bits per heavy atom. The first-order valence-corrected chi connectivity index (χ1v) is 10.7. The van der Waals surface area contributed by atoms with Gasteiger partial charge in [0.25, 0.3) is 0 Å². The summed E-state index contributed by atoms with van der Waals surface area (Å²) >= 11 is 0. The highest BCUT2D eigenvalue weighted by atomic mass is 16.3. The summed E-state index contributed by atoms with van der Waals surface area (Å²) in [5, 5.41) is 27.9. The van der Waals surface area contributed by atoms with E-state index in [2.05, 4.69) is 53.4 Å². The van der Waals surface area contributed by atoms with Gasteiger partial charge in [-0.15, -0.1) is 0 Å². The van der Waals surface area contributed by atoms with Crippen LogP contribution in [-0.2, 0) is 0 Å². The van der Waals surface area contributed by atoms with E-state index in [-0.39, 0.29) is 24.3 Å². The molecule has 1 heterocycles. The number of rotatable bonds is 15. The molecule has 0 spiro atoms. The maximum absolute atomic E-state index is 8.83. The van der Waals surface area contributed by atoms with Crippen molar-refractivity contribution >= 4 is 0 Å². The van der Waals surface area contributed by atoms with Crippen molar-refractivity contribution in [3.05, 3.63) is 0 Å². The summed E-state index contributed by atoms with van der Waals surface area (Å²) in [6.07, 6.45) is 2.19. The second kappa shape index (κ2) is 13.0. The van der Waals surface area contributed by atoms with Crippen molar-refractivity contribution in [3.63, 3.8) is 0 Å². The fourth-order valence-electron chi connectivity index (χ4n) is 3.58. The predicted octanol–water partition coefficient (Wildman–Crippen LogP) is -0.305. The average molecular weight is 388 g/mol. The van der Waals surface area contributed by atoms with Crippen LogP contribution in [0, 0.1) is 0 Å². The van der Waals surface area contributed by atoms with Crippen LogP contribution in [0.15, 0.2) is 0 Å². The number of aliphatic hydroxyl groups is 2. The quantitative estimate of drug-likeness (QED) is 0.247. The van der Waals surface area contributed by atoms with E-state index in [0.29, 0.717) is 13.1 Å². The molecule has 7 nitrogen and oxygen atoms in total. The number of nitrogens with one attached hydrogen (secondary N) is 3. The lowest BCUT2D eigenvalue weighted by molar-refractivity contribution is 0.0466. The predicted molar refractivity (Wildman–Crippen MR) is 113 cm³/mol. The van der Waals surface area contributed by atoms with Crippen molar-refractivity contribution in [2.24, 2.45) is 0 Å². The molecule has 0 unspecified atom stereocenters. The number of nitrogens with zero attached hydrogens (tertiary/aromatic N) is 2. The van der Waals surface area contributed by atoms with Crippen molar-refractivity contribution in [1.82, 2.24) is 25.8 Å². The highest BCUT2D eigenvalue weighted by molar-refractivity contribution is 4.88. The van der Waals surface area contributed by atoms with Crippen molar-refractivity contribution in [2.75, 3.05) is 78.7 Å². The summed E-state index contributed by atoms with van der Waals surface area (Å²) in [4.78, 5) is 5.14. The molecular formula is C20H45N5O2. The minimum absolute atomic E-state index is 0.110. The third kappa shape index (κ3) is 10.7. The van der Waals surface area contributed by atoms with Crippen molar-refractivity contribution in [2.45, 2.75) is 51.6 Å². The third-order valence-electron chi connectivity index (χ3n) is 5.68. The van der Waals surface area contributed by atoms with E-state index >= 15 is 0 Å². The van der Waals surface area contributed by atoms with Crippen LogP contribution in [0.2, 0.25) is 0 Å². The van der Waals surface area contributed by atoms with E-state index in [1.165, 1.54) is 0 Å². The van der Waals surface area contributed by atoms with Crippen LogP contribution >= 0.6 is 0 Å². The molecule has 0 radical (unpaired) electrons. The summed E-state index contributed by atoms with van der Waals surface area (Å²) in [7, 11) is 0. The zero-order chi connectivity index (χ0) is 20.2. The number of aliphatic hydroxyl groups excluding tert-OH is 2. The van der Waals surface area contributed by atoms with Gasteiger partial charge in [-0.25, -0.2) is 0 Å². The summed E-state index contributed by atoms with van der Waals surface area (Å²) < 4.78 is 0. The van der Waals surface area contributed by atoms with E-state index < -0.39 is 0 Å². The van der Waals surface area contributed by atoms with Crippen molar-refractivity contribution in [3.8, 4) is 0 Å². The van der Waals surface area contributed by atoms with Crippen LogP contribution in [0.4, 0.5) is 0 Å². The zero-order valence-corrected chi connectivity index (χ0v) is 18.2. The summed E-state index contributed by atoms with van der Waals surface area (Å²) in [6.45, 7) is 19.5. The van der Waals surface area contributed by atoms with Gasteiger partial charge in [0.15, 0.2) is 0 Å². The van der Waals surface area contributed by atoms with E-state index in [1.807, 2.05) is 0 Å². The molecule has 0 bridgehead atoms. The molecular weight excluding hydrogens is 342 g/mol. The van der Waals surface area contributed by atoms with Gasteiger partial charge in [0.2, 0.25) is 0 Å². The fraction of sp³-hybridized carbons (Fsp3) is 1.00. The molecule has 0 aromatic rings. The SMILES string of the molecule is CC(C)(CCNCCO)NCCC(C)(C)N1CCN(CCNCCO)CC1. The van der Waals surface area contributed by atoms with Gasteiger partial charge >= 0.3 is 0 Å². The number of piperazine rings is 1. The first-order chi connectivity index (χ1) is 12.8. The lowest BCUT2D eigenvalue weighted by atomic mass is 9.95. The van der Waals surface area contributed by atoms with Gasteiger partial charge in [-0.2, -0.15) is 0 Å². The Hall–Kier alpha value is -0.280. The van der Waals surface area contributed by atoms with Gasteiger partial charge in [0.1, 0.15) is 0 Å². The van der Waals surface area contributed by atoms with Crippen LogP contribution in [-0.4, -0.2) is 110 Å². The highest BCUT2D eigenvalue weighted by Crippen LogP contribution is 2.21. The van der Waals surface area contributed by atoms with E-state index in [9.17, 15) is 0 Å². The Labute approximate surface area is 166 Å². The molecule has 162 valence electrons. The molecule has 0 aromatic heterocycles. The van der Waals surface area contributed by atoms with Crippen LogP contribution in [0.1, 0.15) is 40.5 Å². The Balaban J connectivity index is 2.23. The number of hydrogen-bond donors (Lipinski definition) is 5. The minimum Gasteiger partial charge on any atom is -0.395 e. The van der Waals surface area contributed by atoms with Gasteiger partial charge in [-0.05, 0) is 53.6 Å². The first kappa shape index (κ1) is 24.8. The lowest BCUT2D eigenvalue weighted by Crippen LogP contribution is -2.56. The van der Waals surface area contributed by atoms with Gasteiger partial charge in [0, 0.05) is 63.4 Å². The van der Waals surface area contributed by atoms with E-state index in [1.54, 1.807) is 0 Å². The summed E-state index contributed by atoms with van der Waals surface area (Å²) in [6, 6.07) is 0. The molecule has 1 aliphatic rings. The van der Waals surface area contributed by atoms with E-state index in [0.717, 1.165) is 65.2 Å². The van der Waals surface area contributed by atoms with Crippen molar-refractivity contribution < 1.29 is 10.2 Å². The molecule has 0 saturated carbocycles. The molecule has 0 atom stereocenters. The summed E-state index contributed by atoms with van der Waals surface area (Å²) in [5.74, 6) is 0. The van der Waals surface area contributed by atoms with Crippen LogP contribution in [0.3, 0.4) is 0 Å². The zero-order valence-electron chi connectivity index (χ0n) is 18.2. The third-order valence-corrected chi connectivity index (χ3v) is 5.68. The van der Waals surface area contributed by atoms with Crippen molar-refractivity contribution in [1.29, 1.82) is 0 Å². The molecule has 27 heavy (non-hydrogen) atoms. The molecule has 0 aliphatic carbocycles. The smallest absolute Gasteiger partial charge is 0.0555 e. The highest BCUT2D eigenvalue weighted by Gasteiger charge is 2.30. The van der Waals surface area contributed by atoms with Crippen LogP contribution < -0.4 is 16.0 Å². The van der Waals surface area contributed by atoms with Crippen LogP contribution in [0.5, 0.6) is 0 Å². The molecule has 0 aromatic carbocycles. The molecule has 1 aliphatic heterocycles. The molecule has 0 amide bonds. The second-order valence-corrected chi connectivity index (χ2v) is 8.90. The monoisotopic (exact) mass is 387 g/mol. The van der Waals surface area contributed by atoms with Gasteiger partial charge < -0.3 is 26.2 Å². The summed E-state index contributed by atoms with van der Waals surface area (Å²) in [5.41, 5.74) is 0.318. The molecule has 1 rings (SSSR count). The maximum Gasteiger partial charge on any atom is 0.0555 e. The Bertz CT molecular complexity index is 371. The maximum atomic E-state index is 8.83. The Morgan fingerprint density at radius 3 is 1.93 bits per heavy atom. The van der Waals surface area contributed by atoms with Crippen LogP contribution in [0.25, 0.3) is 0 Å². The Kier molecular flexibility index (Phi) is 12.0. The topological polar surface area (TPSA) is 83.0 Å². The van der Waals surface area contributed by atoms with E-state index in [4.69, 9.17) is 10.2 Å². The average Bonchev–Trinajstić information content (AvgIpc) is 2.62. The first-order valence-electron chi connectivity index (χ1n) is 10.7. The second-order valence-electron chi connectivity index (χ2n) is 8.90. The Morgan fingerprint density at radius 1 is 0.741 bits per heavy atom.